The molecule has 0 N–H and O–H groups in total. The number of nitrogens with zero attached hydrogens (tertiary/aromatic N) is 2. The molecule has 0 aliphatic carbocycles. The molecule has 0 unspecified atom stereocenters. The predicted octanol–water partition coefficient (Wildman–Crippen LogP) is 5.47. The number of hydrogen-bond donors (Lipinski definition) is 0. The summed E-state index contributed by atoms with van der Waals surface area (Å²) in [6.45, 7) is 0.0342. The van der Waals surface area contributed by atoms with E-state index in [-0.39, 0.29) is 17.4 Å². The first-order valence-electron chi connectivity index (χ1n) is 8.76. The zero-order valence-corrected chi connectivity index (χ0v) is 18.8. The van der Waals surface area contributed by atoms with Crippen molar-refractivity contribution < 1.29 is 19.1 Å². The average molecular weight is 506 g/mol. The van der Waals surface area contributed by atoms with Gasteiger partial charge in [0.2, 0.25) is 0 Å². The van der Waals surface area contributed by atoms with Gasteiger partial charge in [0.25, 0.3) is 11.1 Å². The zero-order valence-electron chi connectivity index (χ0n) is 15.6. The third-order valence-corrected chi connectivity index (χ3v) is 6.15. The number of esters is 1. The highest BCUT2D eigenvalue weighted by molar-refractivity contribution is 9.10. The molecule has 30 heavy (non-hydrogen) atoms. The summed E-state index contributed by atoms with van der Waals surface area (Å²) in [7, 11) is 1.33. The molecule has 4 rings (SSSR count). The predicted molar refractivity (Wildman–Crippen MR) is 122 cm³/mol. The molecule has 3 aromatic rings. The molecule has 1 saturated heterocycles. The van der Waals surface area contributed by atoms with Crippen molar-refractivity contribution in [1.82, 2.24) is 4.57 Å². The third-order valence-electron chi connectivity index (χ3n) is 4.55. The lowest BCUT2D eigenvalue weighted by Crippen LogP contribution is -2.27. The number of halogens is 2. The van der Waals surface area contributed by atoms with Gasteiger partial charge < -0.3 is 9.30 Å². The Balaban J connectivity index is 1.76. The minimum absolute atomic E-state index is 0.0342. The molecular weight excluding hydrogens is 492 g/mol. The number of rotatable bonds is 4. The Morgan fingerprint density at radius 3 is 2.77 bits per heavy atom. The number of amides is 2. The fourth-order valence-electron chi connectivity index (χ4n) is 3.19. The van der Waals surface area contributed by atoms with Crippen LogP contribution < -0.4 is 4.90 Å². The summed E-state index contributed by atoms with van der Waals surface area (Å²) in [5.74, 6) is -0.807. The molecule has 2 aromatic carbocycles. The van der Waals surface area contributed by atoms with Gasteiger partial charge >= 0.3 is 5.97 Å². The van der Waals surface area contributed by atoms with Crippen LogP contribution in [-0.4, -0.2) is 28.8 Å². The van der Waals surface area contributed by atoms with Gasteiger partial charge in [-0.05, 0) is 54.2 Å². The molecule has 0 bridgehead atoms. The monoisotopic (exact) mass is 504 g/mol. The molecule has 1 fully saturated rings. The molecule has 1 aromatic heterocycles. The third kappa shape index (κ3) is 3.90. The molecule has 2 amide bonds. The van der Waals surface area contributed by atoms with E-state index in [9.17, 15) is 14.4 Å². The van der Waals surface area contributed by atoms with Crippen molar-refractivity contribution >= 4 is 79.1 Å². The highest BCUT2D eigenvalue weighted by Crippen LogP contribution is 2.37. The Hall–Kier alpha value is -2.55. The maximum atomic E-state index is 12.9. The number of hydrogen-bond acceptors (Lipinski definition) is 5. The van der Waals surface area contributed by atoms with Crippen molar-refractivity contribution in [2.75, 3.05) is 12.0 Å². The van der Waals surface area contributed by atoms with Crippen molar-refractivity contribution in [1.29, 1.82) is 0 Å². The van der Waals surface area contributed by atoms with Crippen molar-refractivity contribution in [3.63, 3.8) is 0 Å². The number of carbonyl (C=O) groups excluding carboxylic acids is 3. The number of aromatic nitrogens is 1. The van der Waals surface area contributed by atoms with E-state index in [2.05, 4.69) is 15.9 Å². The lowest BCUT2D eigenvalue weighted by atomic mass is 10.1. The SMILES string of the molecule is COC(=O)Cn1cc(/C=C2\SC(=O)N(c3cccc(Cl)c3)C2=O)c2cc(Br)ccc21. The summed E-state index contributed by atoms with van der Waals surface area (Å²) >= 11 is 10.3. The zero-order chi connectivity index (χ0) is 21.4. The van der Waals surface area contributed by atoms with Crippen LogP contribution in [0.2, 0.25) is 5.02 Å². The molecule has 0 radical (unpaired) electrons. The van der Waals surface area contributed by atoms with Crippen LogP contribution in [0.4, 0.5) is 10.5 Å². The normalized spacial score (nSPS) is 15.4. The van der Waals surface area contributed by atoms with E-state index >= 15 is 0 Å². The van der Waals surface area contributed by atoms with E-state index in [0.29, 0.717) is 16.3 Å². The fourth-order valence-corrected chi connectivity index (χ4v) is 4.57. The van der Waals surface area contributed by atoms with Crippen molar-refractivity contribution in [2.24, 2.45) is 0 Å². The maximum Gasteiger partial charge on any atom is 0.325 e. The molecule has 0 atom stereocenters. The number of thioether (sulfide) groups is 1. The quantitative estimate of drug-likeness (QED) is 0.347. The minimum Gasteiger partial charge on any atom is -0.468 e. The van der Waals surface area contributed by atoms with E-state index in [1.165, 1.54) is 7.11 Å². The van der Waals surface area contributed by atoms with E-state index in [1.807, 2.05) is 18.2 Å². The Bertz CT molecular complexity index is 1240. The van der Waals surface area contributed by atoms with Crippen molar-refractivity contribution in [3.05, 3.63) is 68.6 Å². The molecule has 152 valence electrons. The maximum absolute atomic E-state index is 12.9. The van der Waals surface area contributed by atoms with E-state index in [1.54, 1.807) is 41.1 Å². The van der Waals surface area contributed by atoms with Crippen LogP contribution >= 0.6 is 39.3 Å². The molecule has 1 aliphatic heterocycles. The van der Waals surface area contributed by atoms with Gasteiger partial charge in [-0.15, -0.1) is 0 Å². The van der Waals surface area contributed by atoms with Gasteiger partial charge in [-0.25, -0.2) is 4.90 Å². The van der Waals surface area contributed by atoms with Crippen molar-refractivity contribution in [2.45, 2.75) is 6.54 Å². The summed E-state index contributed by atoms with van der Waals surface area (Å²) < 4.78 is 7.37. The Labute approximate surface area is 189 Å². The topological polar surface area (TPSA) is 68.6 Å². The number of carbonyl (C=O) groups is 3. The number of imide groups is 1. The van der Waals surface area contributed by atoms with Gasteiger partial charge in [0.05, 0.1) is 17.7 Å². The van der Waals surface area contributed by atoms with Crippen LogP contribution in [-0.2, 0) is 20.9 Å². The van der Waals surface area contributed by atoms with E-state index < -0.39 is 11.1 Å². The van der Waals surface area contributed by atoms with E-state index in [0.717, 1.165) is 32.0 Å². The number of fused-ring (bicyclic) bond motifs is 1. The average Bonchev–Trinajstić information content (AvgIpc) is 3.18. The standard InChI is InChI=1S/C21H14BrClN2O4S/c1-29-19(26)11-24-10-12(16-8-13(22)5-6-17(16)24)7-18-20(27)25(21(28)30-18)15-4-2-3-14(23)9-15/h2-10H,11H2,1H3/b18-7-. The van der Waals surface area contributed by atoms with Gasteiger partial charge in [0.1, 0.15) is 6.54 Å². The molecule has 6 nitrogen and oxygen atoms in total. The molecular formula is C21H14BrClN2O4S. The molecule has 9 heteroatoms. The number of ether oxygens (including phenoxy) is 1. The van der Waals surface area contributed by atoms with Crippen LogP contribution in [0.15, 0.2) is 58.0 Å². The summed E-state index contributed by atoms with van der Waals surface area (Å²) in [6, 6.07) is 12.2. The van der Waals surface area contributed by atoms with E-state index in [4.69, 9.17) is 16.3 Å². The molecule has 2 heterocycles. The van der Waals surface area contributed by atoms with Gasteiger partial charge in [0, 0.05) is 32.2 Å². The van der Waals surface area contributed by atoms with Crippen LogP contribution in [0.3, 0.4) is 0 Å². The van der Waals surface area contributed by atoms with Gasteiger partial charge in [-0.3, -0.25) is 14.4 Å². The van der Waals surface area contributed by atoms with Gasteiger partial charge in [0.15, 0.2) is 0 Å². The number of methoxy groups -OCH3 is 1. The van der Waals surface area contributed by atoms with Gasteiger partial charge in [-0.1, -0.05) is 33.6 Å². The molecule has 0 saturated carbocycles. The highest BCUT2D eigenvalue weighted by atomic mass is 79.9. The minimum atomic E-state index is -0.420. The Morgan fingerprint density at radius 1 is 1.23 bits per heavy atom. The Kier molecular flexibility index (Phi) is 5.73. The summed E-state index contributed by atoms with van der Waals surface area (Å²) in [4.78, 5) is 38.6. The number of anilines is 1. The first-order valence-corrected chi connectivity index (χ1v) is 10.7. The van der Waals surface area contributed by atoms with Crippen molar-refractivity contribution in [3.8, 4) is 0 Å². The summed E-state index contributed by atoms with van der Waals surface area (Å²) in [6.07, 6.45) is 3.43. The highest BCUT2D eigenvalue weighted by Gasteiger charge is 2.36. The van der Waals surface area contributed by atoms with Crippen LogP contribution in [0.25, 0.3) is 17.0 Å². The Morgan fingerprint density at radius 2 is 2.03 bits per heavy atom. The fraction of sp³-hybridized carbons (Fsp3) is 0.0952. The van der Waals surface area contributed by atoms with Gasteiger partial charge in [-0.2, -0.15) is 0 Å². The first kappa shape index (κ1) is 20.7. The summed E-state index contributed by atoms with van der Waals surface area (Å²) in [5.41, 5.74) is 1.94. The lowest BCUT2D eigenvalue weighted by molar-refractivity contribution is -0.141. The smallest absolute Gasteiger partial charge is 0.325 e. The van der Waals surface area contributed by atoms with Crippen LogP contribution in [0.5, 0.6) is 0 Å². The second kappa shape index (κ2) is 8.29. The lowest BCUT2D eigenvalue weighted by Gasteiger charge is -2.12. The largest absolute Gasteiger partial charge is 0.468 e. The second-order valence-electron chi connectivity index (χ2n) is 6.45. The van der Waals surface area contributed by atoms with Crippen LogP contribution in [0, 0.1) is 0 Å². The molecule has 1 aliphatic rings. The number of benzene rings is 2. The summed E-state index contributed by atoms with van der Waals surface area (Å²) in [5, 5.41) is 0.877. The first-order chi connectivity index (χ1) is 14.4. The second-order valence-corrected chi connectivity index (χ2v) is 8.79. The van der Waals surface area contributed by atoms with Crippen LogP contribution in [0.1, 0.15) is 5.56 Å². The molecule has 0 spiro atoms.